The van der Waals surface area contributed by atoms with Crippen LogP contribution in [0.1, 0.15) is 31.1 Å². The summed E-state index contributed by atoms with van der Waals surface area (Å²) in [6, 6.07) is 1.59. The standard InChI is InChI=1S/C22H23F3N4O7/c1-9(2)20(33)27-17-13(6-16(21(34)35)36-19(17)18(32)15(31)8-30)29-14(7-26)11-5-10(22(23,24)25)3-4-12(11)28-29/h3-6,9,13,15,17-19,30-32H,8H2,1-2H3,(H,27,33)(H,34,35)/t13-,15+,17+,18+,19+/m0/s1. The number of rotatable bonds is 7. The zero-order valence-corrected chi connectivity index (χ0v) is 19.0. The molecule has 0 spiro atoms. The molecule has 194 valence electrons. The topological polar surface area (TPSA) is 178 Å². The van der Waals surface area contributed by atoms with Crippen molar-refractivity contribution in [2.24, 2.45) is 5.92 Å². The predicted octanol–water partition coefficient (Wildman–Crippen LogP) is 0.690. The zero-order chi connectivity index (χ0) is 26.9. The van der Waals surface area contributed by atoms with E-state index in [9.17, 15) is 48.4 Å². The summed E-state index contributed by atoms with van der Waals surface area (Å²) in [5, 5.41) is 55.8. The highest BCUT2D eigenvalue weighted by Crippen LogP contribution is 2.35. The molecule has 2 aromatic rings. The molecule has 0 saturated carbocycles. The summed E-state index contributed by atoms with van der Waals surface area (Å²) in [4.78, 5) is 24.3. The zero-order valence-electron chi connectivity index (χ0n) is 19.0. The summed E-state index contributed by atoms with van der Waals surface area (Å²) >= 11 is 0. The molecule has 0 fully saturated rings. The molecule has 3 rings (SSSR count). The number of carbonyl (C=O) groups is 2. The quantitative estimate of drug-likeness (QED) is 0.357. The van der Waals surface area contributed by atoms with Gasteiger partial charge in [-0.05, 0) is 24.3 Å². The van der Waals surface area contributed by atoms with Crippen molar-refractivity contribution in [3.8, 4) is 6.07 Å². The van der Waals surface area contributed by atoms with Crippen molar-refractivity contribution < 1.29 is 47.9 Å². The smallest absolute Gasteiger partial charge is 0.416 e. The molecule has 5 atom stereocenters. The van der Waals surface area contributed by atoms with Crippen LogP contribution in [0.25, 0.3) is 10.9 Å². The first-order valence-corrected chi connectivity index (χ1v) is 10.7. The number of aliphatic hydroxyl groups excluding tert-OH is 3. The van der Waals surface area contributed by atoms with Crippen molar-refractivity contribution in [3.63, 3.8) is 0 Å². The number of carboxylic acids is 1. The largest absolute Gasteiger partial charge is 0.478 e. The fourth-order valence-electron chi connectivity index (χ4n) is 3.77. The Hall–Kier alpha value is -3.67. The van der Waals surface area contributed by atoms with Gasteiger partial charge in [-0.15, -0.1) is 0 Å². The number of fused-ring (bicyclic) bond motifs is 1. The fraction of sp³-hybridized carbons (Fsp3) is 0.455. The first-order chi connectivity index (χ1) is 16.8. The summed E-state index contributed by atoms with van der Waals surface area (Å²) in [6.07, 6.45) is -9.09. The molecule has 1 aromatic heterocycles. The van der Waals surface area contributed by atoms with Crippen LogP contribution < -0.4 is 5.32 Å². The van der Waals surface area contributed by atoms with Crippen molar-refractivity contribution in [2.45, 2.75) is 50.4 Å². The Bertz CT molecular complexity index is 1230. The third-order valence-corrected chi connectivity index (χ3v) is 5.68. The van der Waals surface area contributed by atoms with Gasteiger partial charge in [0.05, 0.1) is 29.8 Å². The van der Waals surface area contributed by atoms with Gasteiger partial charge >= 0.3 is 12.1 Å². The van der Waals surface area contributed by atoms with E-state index in [1.54, 1.807) is 19.9 Å². The molecule has 5 N–H and O–H groups in total. The second kappa shape index (κ2) is 10.1. The van der Waals surface area contributed by atoms with E-state index in [4.69, 9.17) is 4.74 Å². The van der Waals surface area contributed by atoms with Crippen LogP contribution in [0.4, 0.5) is 13.2 Å². The van der Waals surface area contributed by atoms with Gasteiger partial charge in [-0.3, -0.25) is 4.79 Å². The number of alkyl halides is 3. The lowest BCUT2D eigenvalue weighted by Crippen LogP contribution is -2.59. The van der Waals surface area contributed by atoms with Crippen LogP contribution in [0.15, 0.2) is 30.0 Å². The van der Waals surface area contributed by atoms with Gasteiger partial charge in [0, 0.05) is 11.3 Å². The molecule has 14 heteroatoms. The Kier molecular flexibility index (Phi) is 7.58. The molecule has 2 heterocycles. The van der Waals surface area contributed by atoms with Crippen molar-refractivity contribution >= 4 is 22.8 Å². The minimum absolute atomic E-state index is 0.0160. The molecule has 11 nitrogen and oxygen atoms in total. The van der Waals surface area contributed by atoms with E-state index in [2.05, 4.69) is 10.4 Å². The number of hydrogen-bond donors (Lipinski definition) is 5. The number of nitriles is 1. The Balaban J connectivity index is 2.25. The van der Waals surface area contributed by atoms with Crippen LogP contribution in [-0.4, -0.2) is 73.0 Å². The van der Waals surface area contributed by atoms with Crippen molar-refractivity contribution in [1.82, 2.24) is 15.1 Å². The van der Waals surface area contributed by atoms with E-state index in [0.29, 0.717) is 0 Å². The number of aromatic nitrogens is 2. The first-order valence-electron chi connectivity index (χ1n) is 10.7. The summed E-state index contributed by atoms with van der Waals surface area (Å²) in [6.45, 7) is 2.15. The maximum atomic E-state index is 13.3. The number of benzene rings is 1. The molecule has 1 amide bonds. The molecule has 1 aliphatic heterocycles. The lowest BCUT2D eigenvalue weighted by atomic mass is 9.91. The number of nitrogens with zero attached hydrogens (tertiary/aromatic N) is 3. The Morgan fingerprint density at radius 2 is 1.97 bits per heavy atom. The molecule has 0 aliphatic carbocycles. The van der Waals surface area contributed by atoms with E-state index in [1.165, 1.54) is 0 Å². The van der Waals surface area contributed by atoms with E-state index in [1.807, 2.05) is 0 Å². The normalized spacial score (nSPS) is 21.9. The number of carboxylic acid groups (broad SMARTS) is 1. The maximum absolute atomic E-state index is 13.3. The van der Waals surface area contributed by atoms with Crippen LogP contribution in [0.2, 0.25) is 0 Å². The second-order valence-electron chi connectivity index (χ2n) is 8.47. The number of amides is 1. The molecule has 1 aliphatic rings. The Morgan fingerprint density at radius 1 is 1.31 bits per heavy atom. The summed E-state index contributed by atoms with van der Waals surface area (Å²) in [5.41, 5.74) is -1.43. The highest BCUT2D eigenvalue weighted by Gasteiger charge is 2.46. The third-order valence-electron chi connectivity index (χ3n) is 5.68. The van der Waals surface area contributed by atoms with Crippen molar-refractivity contribution in [1.29, 1.82) is 5.26 Å². The van der Waals surface area contributed by atoms with Crippen LogP contribution in [0.5, 0.6) is 0 Å². The van der Waals surface area contributed by atoms with Gasteiger partial charge in [0.25, 0.3) is 0 Å². The molecule has 0 bridgehead atoms. The average molecular weight is 512 g/mol. The predicted molar refractivity (Wildman–Crippen MR) is 115 cm³/mol. The summed E-state index contributed by atoms with van der Waals surface area (Å²) < 4.78 is 46.1. The number of hydrogen-bond acceptors (Lipinski definition) is 8. The SMILES string of the molecule is CC(C)C(=O)N[C@H]1[C@H]([C@H](O)[C@H](O)CO)OC(C(=O)O)=C[C@@H]1n1nc2ccc(C(F)(F)F)cc2c1C#N. The molecular weight excluding hydrogens is 489 g/mol. The highest BCUT2D eigenvalue weighted by molar-refractivity contribution is 5.86. The molecule has 36 heavy (non-hydrogen) atoms. The number of nitrogens with one attached hydrogen (secondary N) is 1. The van der Waals surface area contributed by atoms with Crippen molar-refractivity contribution in [3.05, 3.63) is 41.3 Å². The van der Waals surface area contributed by atoms with Gasteiger partial charge in [-0.1, -0.05) is 13.8 Å². The van der Waals surface area contributed by atoms with Gasteiger partial charge < -0.3 is 30.5 Å². The van der Waals surface area contributed by atoms with E-state index < -0.39 is 72.3 Å². The van der Waals surface area contributed by atoms with Gasteiger partial charge in [0.2, 0.25) is 11.7 Å². The van der Waals surface area contributed by atoms with E-state index in [-0.39, 0.29) is 16.6 Å². The van der Waals surface area contributed by atoms with Crippen molar-refractivity contribution in [2.75, 3.05) is 6.61 Å². The third kappa shape index (κ3) is 5.13. The van der Waals surface area contributed by atoms with Gasteiger partial charge in [-0.25, -0.2) is 9.48 Å². The first kappa shape index (κ1) is 26.9. The summed E-state index contributed by atoms with van der Waals surface area (Å²) in [5.74, 6) is -3.51. The second-order valence-corrected chi connectivity index (χ2v) is 8.47. The lowest BCUT2D eigenvalue weighted by molar-refractivity contribution is -0.147. The van der Waals surface area contributed by atoms with Gasteiger partial charge in [0.1, 0.15) is 30.1 Å². The van der Waals surface area contributed by atoms with Crippen LogP contribution in [0.3, 0.4) is 0 Å². The van der Waals surface area contributed by atoms with E-state index in [0.717, 1.165) is 29.0 Å². The monoisotopic (exact) mass is 512 g/mol. The average Bonchev–Trinajstić information content (AvgIpc) is 3.19. The molecular formula is C22H23F3N4O7. The number of aliphatic hydroxyl groups is 3. The minimum atomic E-state index is -4.71. The molecule has 0 unspecified atom stereocenters. The van der Waals surface area contributed by atoms with Crippen LogP contribution in [0, 0.1) is 17.2 Å². The Morgan fingerprint density at radius 3 is 2.50 bits per heavy atom. The van der Waals surface area contributed by atoms with Crippen LogP contribution in [-0.2, 0) is 20.5 Å². The van der Waals surface area contributed by atoms with Gasteiger partial charge in [0.15, 0.2) is 0 Å². The van der Waals surface area contributed by atoms with Crippen LogP contribution >= 0.6 is 0 Å². The number of aliphatic carboxylic acids is 1. The molecule has 0 saturated heterocycles. The number of ether oxygens (including phenoxy) is 1. The van der Waals surface area contributed by atoms with Gasteiger partial charge in [-0.2, -0.15) is 23.5 Å². The van der Waals surface area contributed by atoms with E-state index >= 15 is 0 Å². The molecule has 1 aromatic carbocycles. The fourth-order valence-corrected chi connectivity index (χ4v) is 3.77. The molecule has 0 radical (unpaired) electrons. The Labute approximate surface area is 202 Å². The lowest BCUT2D eigenvalue weighted by Gasteiger charge is -2.40. The number of halogens is 3. The summed E-state index contributed by atoms with van der Waals surface area (Å²) in [7, 11) is 0. The highest BCUT2D eigenvalue weighted by atomic mass is 19.4. The number of carbonyl (C=O) groups excluding carboxylic acids is 1. The minimum Gasteiger partial charge on any atom is -0.478 e. The maximum Gasteiger partial charge on any atom is 0.416 e.